The zero-order valence-electron chi connectivity index (χ0n) is 12.4. The summed E-state index contributed by atoms with van der Waals surface area (Å²) in [4.78, 5) is 0. The standard InChI is InChI=1S/C13H28N2O3S/c1-4-8-14-10-12(3)19(16,17)15(5-2)11-13-7-6-9-18-13/h12-14H,4-11H2,1-3H3. The van der Waals surface area contributed by atoms with Gasteiger partial charge >= 0.3 is 0 Å². The van der Waals surface area contributed by atoms with Crippen LogP contribution < -0.4 is 5.32 Å². The Hall–Kier alpha value is -0.170. The lowest BCUT2D eigenvalue weighted by Crippen LogP contribution is -2.44. The van der Waals surface area contributed by atoms with E-state index < -0.39 is 10.0 Å². The fourth-order valence-electron chi connectivity index (χ4n) is 2.27. The summed E-state index contributed by atoms with van der Waals surface area (Å²) in [5.74, 6) is 0. The molecule has 0 aromatic heterocycles. The molecule has 1 aliphatic heterocycles. The van der Waals surface area contributed by atoms with Crippen LogP contribution in [0.2, 0.25) is 0 Å². The Bertz CT molecular complexity index is 340. The molecule has 2 atom stereocenters. The molecule has 1 fully saturated rings. The summed E-state index contributed by atoms with van der Waals surface area (Å²) in [5, 5.41) is 2.79. The minimum atomic E-state index is -3.23. The van der Waals surface area contributed by atoms with Crippen LogP contribution >= 0.6 is 0 Å². The third-order valence-corrected chi connectivity index (χ3v) is 5.82. The van der Waals surface area contributed by atoms with Gasteiger partial charge in [-0.15, -0.1) is 0 Å². The van der Waals surface area contributed by atoms with Crippen LogP contribution in [-0.2, 0) is 14.8 Å². The second-order valence-electron chi connectivity index (χ2n) is 5.15. The number of hydrogen-bond donors (Lipinski definition) is 1. The van der Waals surface area contributed by atoms with Crippen molar-refractivity contribution in [2.24, 2.45) is 0 Å². The molecule has 6 heteroatoms. The van der Waals surface area contributed by atoms with Gasteiger partial charge in [0.25, 0.3) is 0 Å². The van der Waals surface area contributed by atoms with Crippen LogP contribution in [0, 0.1) is 0 Å². The predicted molar refractivity (Wildman–Crippen MR) is 77.8 cm³/mol. The molecule has 0 amide bonds. The van der Waals surface area contributed by atoms with Crippen LogP contribution in [0.25, 0.3) is 0 Å². The van der Waals surface area contributed by atoms with Gasteiger partial charge in [0.2, 0.25) is 10.0 Å². The van der Waals surface area contributed by atoms with Crippen molar-refractivity contribution < 1.29 is 13.2 Å². The molecule has 0 radical (unpaired) electrons. The second-order valence-corrected chi connectivity index (χ2v) is 7.50. The number of nitrogens with one attached hydrogen (secondary N) is 1. The first kappa shape index (κ1) is 16.9. The molecule has 0 bridgehead atoms. The highest BCUT2D eigenvalue weighted by molar-refractivity contribution is 7.89. The van der Waals surface area contributed by atoms with Crippen molar-refractivity contribution in [3.8, 4) is 0 Å². The third-order valence-electron chi connectivity index (χ3n) is 3.51. The average Bonchev–Trinajstić information content (AvgIpc) is 2.88. The molecule has 1 heterocycles. The van der Waals surface area contributed by atoms with Gasteiger partial charge < -0.3 is 10.1 Å². The van der Waals surface area contributed by atoms with Gasteiger partial charge in [0.15, 0.2) is 0 Å². The Balaban J connectivity index is 2.55. The quantitative estimate of drug-likeness (QED) is 0.649. The highest BCUT2D eigenvalue weighted by atomic mass is 32.2. The van der Waals surface area contributed by atoms with E-state index in [-0.39, 0.29) is 11.4 Å². The minimum Gasteiger partial charge on any atom is -0.377 e. The summed E-state index contributed by atoms with van der Waals surface area (Å²) in [6, 6.07) is 0. The largest absolute Gasteiger partial charge is 0.377 e. The average molecular weight is 292 g/mol. The van der Waals surface area contributed by atoms with Crippen molar-refractivity contribution in [3.63, 3.8) is 0 Å². The number of nitrogens with zero attached hydrogens (tertiary/aromatic N) is 1. The summed E-state index contributed by atoms with van der Waals surface area (Å²) >= 11 is 0. The van der Waals surface area contributed by atoms with Crippen LogP contribution in [0.5, 0.6) is 0 Å². The van der Waals surface area contributed by atoms with Crippen molar-refractivity contribution in [2.75, 3.05) is 32.8 Å². The number of rotatable bonds is 9. The van der Waals surface area contributed by atoms with Crippen molar-refractivity contribution in [2.45, 2.75) is 51.4 Å². The molecule has 5 nitrogen and oxygen atoms in total. The van der Waals surface area contributed by atoms with Gasteiger partial charge in [-0.2, -0.15) is 4.31 Å². The van der Waals surface area contributed by atoms with E-state index in [1.165, 1.54) is 0 Å². The lowest BCUT2D eigenvalue weighted by Gasteiger charge is -2.26. The Kier molecular flexibility index (Phi) is 7.28. The Morgan fingerprint density at radius 3 is 2.68 bits per heavy atom. The Labute approximate surface area is 117 Å². The maximum atomic E-state index is 12.5. The van der Waals surface area contributed by atoms with E-state index in [0.717, 1.165) is 32.4 Å². The van der Waals surface area contributed by atoms with Gasteiger partial charge in [-0.25, -0.2) is 8.42 Å². The fraction of sp³-hybridized carbons (Fsp3) is 1.00. The molecule has 2 unspecified atom stereocenters. The number of sulfonamides is 1. The summed E-state index contributed by atoms with van der Waals surface area (Å²) in [6.07, 6.45) is 3.09. The minimum absolute atomic E-state index is 0.0746. The van der Waals surface area contributed by atoms with E-state index in [4.69, 9.17) is 4.74 Å². The molecule has 1 saturated heterocycles. The van der Waals surface area contributed by atoms with Crippen LogP contribution in [0.3, 0.4) is 0 Å². The van der Waals surface area contributed by atoms with Crippen molar-refractivity contribution in [3.05, 3.63) is 0 Å². The van der Waals surface area contributed by atoms with Crippen LogP contribution in [0.4, 0.5) is 0 Å². The van der Waals surface area contributed by atoms with Gasteiger partial charge in [0.05, 0.1) is 11.4 Å². The molecule has 114 valence electrons. The first-order valence-electron chi connectivity index (χ1n) is 7.33. The van der Waals surface area contributed by atoms with E-state index >= 15 is 0 Å². The zero-order chi connectivity index (χ0) is 14.3. The number of ether oxygens (including phenoxy) is 1. The summed E-state index contributed by atoms with van der Waals surface area (Å²) in [5.41, 5.74) is 0. The van der Waals surface area contributed by atoms with Gasteiger partial charge in [0.1, 0.15) is 0 Å². The van der Waals surface area contributed by atoms with Crippen molar-refractivity contribution in [1.29, 1.82) is 0 Å². The van der Waals surface area contributed by atoms with Crippen molar-refractivity contribution in [1.82, 2.24) is 9.62 Å². The maximum absolute atomic E-state index is 12.5. The first-order valence-corrected chi connectivity index (χ1v) is 8.84. The highest BCUT2D eigenvalue weighted by Gasteiger charge is 2.30. The summed E-state index contributed by atoms with van der Waals surface area (Å²) in [7, 11) is -3.23. The lowest BCUT2D eigenvalue weighted by atomic mass is 10.2. The van der Waals surface area contributed by atoms with Gasteiger partial charge in [-0.3, -0.25) is 0 Å². The molecular weight excluding hydrogens is 264 g/mol. The molecule has 1 rings (SSSR count). The normalized spacial score (nSPS) is 22.0. The summed E-state index contributed by atoms with van der Waals surface area (Å²) in [6.45, 7) is 8.87. The SMILES string of the molecule is CCCNCC(C)S(=O)(=O)N(CC)CC1CCCO1. The monoisotopic (exact) mass is 292 g/mol. The third kappa shape index (κ3) is 5.02. The van der Waals surface area contributed by atoms with E-state index in [2.05, 4.69) is 12.2 Å². The number of likely N-dealkylation sites (N-methyl/N-ethyl adjacent to an activating group) is 1. The highest BCUT2D eigenvalue weighted by Crippen LogP contribution is 2.17. The number of hydrogen-bond acceptors (Lipinski definition) is 4. The Morgan fingerprint density at radius 1 is 1.42 bits per heavy atom. The molecule has 0 aromatic carbocycles. The fourth-order valence-corrected chi connectivity index (χ4v) is 3.84. The van der Waals surface area contributed by atoms with Crippen LogP contribution in [-0.4, -0.2) is 56.9 Å². The molecule has 0 spiro atoms. The van der Waals surface area contributed by atoms with Gasteiger partial charge in [-0.1, -0.05) is 13.8 Å². The van der Waals surface area contributed by atoms with E-state index in [0.29, 0.717) is 19.6 Å². The smallest absolute Gasteiger partial charge is 0.218 e. The van der Waals surface area contributed by atoms with E-state index in [1.807, 2.05) is 6.92 Å². The van der Waals surface area contributed by atoms with Crippen LogP contribution in [0.15, 0.2) is 0 Å². The lowest BCUT2D eigenvalue weighted by molar-refractivity contribution is 0.0945. The molecule has 19 heavy (non-hydrogen) atoms. The first-order chi connectivity index (χ1) is 9.02. The second kappa shape index (κ2) is 8.19. The topological polar surface area (TPSA) is 58.6 Å². The Morgan fingerprint density at radius 2 is 2.16 bits per heavy atom. The summed E-state index contributed by atoms with van der Waals surface area (Å²) < 4.78 is 32.1. The van der Waals surface area contributed by atoms with Gasteiger partial charge in [-0.05, 0) is 32.7 Å². The molecule has 1 N–H and O–H groups in total. The molecule has 0 saturated carbocycles. The zero-order valence-corrected chi connectivity index (χ0v) is 13.2. The van der Waals surface area contributed by atoms with E-state index in [9.17, 15) is 8.42 Å². The predicted octanol–water partition coefficient (Wildman–Crippen LogP) is 1.21. The van der Waals surface area contributed by atoms with Gasteiger partial charge in [0, 0.05) is 26.2 Å². The maximum Gasteiger partial charge on any atom is 0.218 e. The molecule has 0 aromatic rings. The van der Waals surface area contributed by atoms with E-state index in [1.54, 1.807) is 11.2 Å². The molecular formula is C13H28N2O3S. The molecule has 0 aliphatic carbocycles. The van der Waals surface area contributed by atoms with Crippen LogP contribution in [0.1, 0.15) is 40.0 Å². The molecule has 1 aliphatic rings. The van der Waals surface area contributed by atoms with Crippen molar-refractivity contribution >= 4 is 10.0 Å².